The van der Waals surface area contributed by atoms with Crippen molar-refractivity contribution in [3.05, 3.63) is 59.7 Å². The van der Waals surface area contributed by atoms with Gasteiger partial charge in [0.1, 0.15) is 11.5 Å². The molecule has 30 heavy (non-hydrogen) atoms. The number of hydrogen-bond acceptors (Lipinski definition) is 6. The first-order valence-electron chi connectivity index (χ1n) is 10.4. The third-order valence-corrected chi connectivity index (χ3v) is 4.89. The average Bonchev–Trinajstić information content (AvgIpc) is 2.76. The lowest BCUT2D eigenvalue weighted by Crippen LogP contribution is -2.33. The lowest BCUT2D eigenvalue weighted by Gasteiger charge is -2.20. The molecular weight excluding hydrogens is 380 g/mol. The highest BCUT2D eigenvalue weighted by Gasteiger charge is 2.16. The Bertz CT molecular complexity index is 780. The van der Waals surface area contributed by atoms with Gasteiger partial charge in [0.15, 0.2) is 5.78 Å². The number of ketones is 1. The number of carbonyl (C=O) groups excluding carboxylic acids is 1. The number of rotatable bonds is 13. The molecule has 2 N–H and O–H groups in total. The van der Waals surface area contributed by atoms with E-state index in [4.69, 9.17) is 9.47 Å². The van der Waals surface area contributed by atoms with Gasteiger partial charge in [0.2, 0.25) is 0 Å². The van der Waals surface area contributed by atoms with Crippen molar-refractivity contribution in [3.8, 4) is 11.5 Å². The number of aliphatic hydroxyl groups excluding tert-OH is 1. The molecule has 6 heteroatoms. The molecule has 6 nitrogen and oxygen atoms in total. The molecule has 0 fully saturated rings. The molecule has 0 bridgehead atoms. The van der Waals surface area contributed by atoms with Crippen molar-refractivity contribution in [1.82, 2.24) is 10.2 Å². The van der Waals surface area contributed by atoms with Crippen molar-refractivity contribution in [2.24, 2.45) is 0 Å². The third-order valence-electron chi connectivity index (χ3n) is 4.89. The Labute approximate surface area is 179 Å². The Morgan fingerprint density at radius 3 is 2.50 bits per heavy atom. The summed E-state index contributed by atoms with van der Waals surface area (Å²) in [6.45, 7) is 3.90. The van der Waals surface area contributed by atoms with Crippen LogP contribution >= 0.6 is 0 Å². The summed E-state index contributed by atoms with van der Waals surface area (Å²) in [5.41, 5.74) is 1.42. The monoisotopic (exact) mass is 414 g/mol. The standard InChI is InChI=1S/C24H34N2O4/c1-18(24(28)19-9-6-5-7-10-19)25-12-11-23(27)20-15-21(29-4)17-22(16-20)30-14-8-13-26(2)3/h5-7,9-10,15-18,24-25,28H,8,11-14H2,1-4H3. The van der Waals surface area contributed by atoms with Crippen molar-refractivity contribution in [2.75, 3.05) is 40.9 Å². The van der Waals surface area contributed by atoms with Gasteiger partial charge in [-0.25, -0.2) is 0 Å². The number of benzene rings is 2. The molecule has 0 aliphatic carbocycles. The van der Waals surface area contributed by atoms with E-state index in [9.17, 15) is 9.90 Å². The van der Waals surface area contributed by atoms with Gasteiger partial charge in [0.25, 0.3) is 0 Å². The quantitative estimate of drug-likeness (QED) is 0.387. The molecule has 0 amide bonds. The van der Waals surface area contributed by atoms with E-state index in [1.54, 1.807) is 25.3 Å². The lowest BCUT2D eigenvalue weighted by molar-refractivity contribution is 0.0971. The SMILES string of the molecule is COc1cc(OCCCN(C)C)cc(C(=O)CCNC(C)C(O)c2ccccc2)c1. The minimum atomic E-state index is -0.625. The summed E-state index contributed by atoms with van der Waals surface area (Å²) in [4.78, 5) is 14.8. The Morgan fingerprint density at radius 1 is 1.13 bits per heavy atom. The highest BCUT2D eigenvalue weighted by molar-refractivity contribution is 5.97. The predicted octanol–water partition coefficient (Wildman–Crippen LogP) is 3.31. The van der Waals surface area contributed by atoms with Crippen LogP contribution in [0.3, 0.4) is 0 Å². The molecule has 0 aromatic heterocycles. The fraction of sp³-hybridized carbons (Fsp3) is 0.458. The summed E-state index contributed by atoms with van der Waals surface area (Å²) < 4.78 is 11.1. The molecule has 164 valence electrons. The number of ether oxygens (including phenoxy) is 2. The van der Waals surface area contributed by atoms with Crippen molar-refractivity contribution in [1.29, 1.82) is 0 Å². The fourth-order valence-corrected chi connectivity index (χ4v) is 3.11. The van der Waals surface area contributed by atoms with Gasteiger partial charge in [-0.1, -0.05) is 30.3 Å². The van der Waals surface area contributed by atoms with E-state index in [2.05, 4.69) is 10.2 Å². The van der Waals surface area contributed by atoms with E-state index in [0.717, 1.165) is 18.5 Å². The van der Waals surface area contributed by atoms with E-state index < -0.39 is 6.10 Å². The molecule has 2 rings (SSSR count). The largest absolute Gasteiger partial charge is 0.497 e. The van der Waals surface area contributed by atoms with Crippen LogP contribution in [-0.2, 0) is 0 Å². The van der Waals surface area contributed by atoms with E-state index >= 15 is 0 Å². The van der Waals surface area contributed by atoms with Crippen LogP contribution in [0.5, 0.6) is 11.5 Å². The van der Waals surface area contributed by atoms with Crippen molar-refractivity contribution < 1.29 is 19.4 Å². The Morgan fingerprint density at radius 2 is 1.83 bits per heavy atom. The first-order valence-corrected chi connectivity index (χ1v) is 10.4. The van der Waals surface area contributed by atoms with Gasteiger partial charge in [0.05, 0.1) is 19.8 Å². The van der Waals surface area contributed by atoms with Gasteiger partial charge >= 0.3 is 0 Å². The molecule has 0 saturated heterocycles. The number of methoxy groups -OCH3 is 1. The number of aliphatic hydroxyl groups is 1. The number of nitrogens with zero attached hydrogens (tertiary/aromatic N) is 1. The van der Waals surface area contributed by atoms with Crippen LogP contribution in [-0.4, -0.2) is 62.7 Å². The summed E-state index contributed by atoms with van der Waals surface area (Å²) in [6, 6.07) is 14.6. The molecule has 0 saturated carbocycles. The second kappa shape index (κ2) is 12.3. The maximum atomic E-state index is 12.7. The Kier molecular flexibility index (Phi) is 9.80. The van der Waals surface area contributed by atoms with E-state index in [1.165, 1.54) is 0 Å². The van der Waals surface area contributed by atoms with Crippen LogP contribution in [0.25, 0.3) is 0 Å². The molecule has 0 heterocycles. The molecule has 2 atom stereocenters. The molecule has 2 unspecified atom stereocenters. The highest BCUT2D eigenvalue weighted by atomic mass is 16.5. The average molecular weight is 415 g/mol. The maximum absolute atomic E-state index is 12.7. The smallest absolute Gasteiger partial charge is 0.164 e. The van der Waals surface area contributed by atoms with Gasteiger partial charge in [0, 0.05) is 37.2 Å². The topological polar surface area (TPSA) is 71.0 Å². The zero-order valence-electron chi connectivity index (χ0n) is 18.4. The van der Waals surface area contributed by atoms with Crippen molar-refractivity contribution in [2.45, 2.75) is 31.9 Å². The molecule has 0 spiro atoms. The lowest BCUT2D eigenvalue weighted by atomic mass is 10.0. The van der Waals surface area contributed by atoms with E-state index in [0.29, 0.717) is 36.6 Å². The first kappa shape index (κ1) is 23.9. The summed E-state index contributed by atoms with van der Waals surface area (Å²) in [7, 11) is 5.62. The van der Waals surface area contributed by atoms with Gasteiger partial charge in [-0.2, -0.15) is 0 Å². The number of carbonyl (C=O) groups is 1. The number of Topliss-reactive ketones (excluding diaryl/α,β-unsaturated/α-hetero) is 1. The second-order valence-electron chi connectivity index (χ2n) is 7.67. The zero-order valence-corrected chi connectivity index (χ0v) is 18.4. The van der Waals surface area contributed by atoms with Crippen LogP contribution in [0.2, 0.25) is 0 Å². The van der Waals surface area contributed by atoms with Gasteiger partial charge < -0.3 is 24.8 Å². The molecular formula is C24H34N2O4. The van der Waals surface area contributed by atoms with Crippen molar-refractivity contribution in [3.63, 3.8) is 0 Å². The van der Waals surface area contributed by atoms with Crippen LogP contribution in [0.15, 0.2) is 48.5 Å². The summed E-state index contributed by atoms with van der Waals surface area (Å²) >= 11 is 0. The Balaban J connectivity index is 1.88. The third kappa shape index (κ3) is 7.78. The number of nitrogens with one attached hydrogen (secondary N) is 1. The molecule has 0 aliphatic heterocycles. The molecule has 0 aliphatic rings. The normalized spacial score (nSPS) is 13.1. The maximum Gasteiger partial charge on any atom is 0.164 e. The van der Waals surface area contributed by atoms with E-state index in [-0.39, 0.29) is 11.8 Å². The van der Waals surface area contributed by atoms with Crippen LogP contribution in [0.4, 0.5) is 0 Å². The van der Waals surface area contributed by atoms with Crippen LogP contribution < -0.4 is 14.8 Å². The number of hydrogen-bond donors (Lipinski definition) is 2. The molecule has 2 aromatic carbocycles. The van der Waals surface area contributed by atoms with Gasteiger partial charge in [-0.3, -0.25) is 4.79 Å². The summed E-state index contributed by atoms with van der Waals surface area (Å²) in [5.74, 6) is 1.24. The zero-order chi connectivity index (χ0) is 21.9. The van der Waals surface area contributed by atoms with Gasteiger partial charge in [-0.15, -0.1) is 0 Å². The van der Waals surface area contributed by atoms with E-state index in [1.807, 2.05) is 51.4 Å². The minimum Gasteiger partial charge on any atom is -0.497 e. The highest BCUT2D eigenvalue weighted by Crippen LogP contribution is 2.24. The molecule has 2 aromatic rings. The fourth-order valence-electron chi connectivity index (χ4n) is 3.11. The molecule has 0 radical (unpaired) electrons. The summed E-state index contributed by atoms with van der Waals surface area (Å²) in [5, 5.41) is 13.7. The second-order valence-corrected chi connectivity index (χ2v) is 7.67. The van der Waals surface area contributed by atoms with Crippen molar-refractivity contribution >= 4 is 5.78 Å². The summed E-state index contributed by atoms with van der Waals surface area (Å²) in [6.07, 6.45) is 0.596. The first-order chi connectivity index (χ1) is 14.4. The van der Waals surface area contributed by atoms with Crippen LogP contribution in [0, 0.1) is 0 Å². The Hall–Kier alpha value is -2.41. The van der Waals surface area contributed by atoms with Crippen LogP contribution in [0.1, 0.15) is 41.8 Å². The van der Waals surface area contributed by atoms with Gasteiger partial charge in [-0.05, 0) is 45.1 Å². The minimum absolute atomic E-state index is 0.000873. The predicted molar refractivity (Wildman–Crippen MR) is 119 cm³/mol.